The molecule has 0 aliphatic carbocycles. The number of rotatable bonds is 5. The number of H-pyrrole nitrogens is 2. The van der Waals surface area contributed by atoms with Crippen LogP contribution in [0.3, 0.4) is 0 Å². The molecule has 0 saturated carbocycles. The van der Waals surface area contributed by atoms with Crippen LogP contribution in [0.2, 0.25) is 0 Å². The number of nitrogens with one attached hydrogen (secondary N) is 2. The van der Waals surface area contributed by atoms with Gasteiger partial charge in [0.25, 0.3) is 0 Å². The van der Waals surface area contributed by atoms with Crippen LogP contribution >= 0.6 is 0 Å². The van der Waals surface area contributed by atoms with E-state index in [2.05, 4.69) is 24.0 Å². The second-order valence-corrected chi connectivity index (χ2v) is 10.6. The summed E-state index contributed by atoms with van der Waals surface area (Å²) in [5, 5.41) is 3.78. The SMILES string of the molecule is CS(C)(=O)=Nc1ccc(-c2c(F)cc3[nH]c(Oc4cccc(-c5noc(=O)[nH]5)c4)cc3c2F)cc1. The molecular formula is C24H18F2N4O4S. The van der Waals surface area contributed by atoms with Gasteiger partial charge in [0, 0.05) is 39.3 Å². The lowest BCUT2D eigenvalue weighted by Crippen LogP contribution is -1.94. The summed E-state index contributed by atoms with van der Waals surface area (Å²) in [5.41, 5.74) is 1.35. The average Bonchev–Trinajstić information content (AvgIpc) is 3.40. The zero-order chi connectivity index (χ0) is 24.7. The number of aromatic nitrogens is 3. The number of aromatic amines is 2. The fourth-order valence-electron chi connectivity index (χ4n) is 3.63. The van der Waals surface area contributed by atoms with Gasteiger partial charge in [0.2, 0.25) is 0 Å². The Morgan fingerprint density at radius 1 is 1.00 bits per heavy atom. The molecule has 5 rings (SSSR count). The van der Waals surface area contributed by atoms with E-state index in [0.29, 0.717) is 22.6 Å². The summed E-state index contributed by atoms with van der Waals surface area (Å²) in [5.74, 6) is -1.39. The first-order chi connectivity index (χ1) is 16.7. The smallest absolute Gasteiger partial charge is 0.439 e. The molecule has 0 amide bonds. The molecule has 0 aliphatic rings. The van der Waals surface area contributed by atoms with Crippen molar-refractivity contribution >= 4 is 26.3 Å². The molecule has 8 nitrogen and oxygen atoms in total. The Kier molecular flexibility index (Phi) is 5.48. The third-order valence-corrected chi connectivity index (χ3v) is 5.70. The minimum Gasteiger partial charge on any atom is -0.441 e. The van der Waals surface area contributed by atoms with Crippen molar-refractivity contribution in [2.75, 3.05) is 12.5 Å². The molecule has 2 N–H and O–H groups in total. The Bertz CT molecular complexity index is 1740. The predicted molar refractivity (Wildman–Crippen MR) is 128 cm³/mol. The molecule has 178 valence electrons. The first kappa shape index (κ1) is 22.5. The second-order valence-electron chi connectivity index (χ2n) is 8.04. The van der Waals surface area contributed by atoms with E-state index >= 15 is 4.39 Å². The topological polar surface area (TPSA) is 113 Å². The van der Waals surface area contributed by atoms with Gasteiger partial charge in [-0.2, -0.15) is 4.36 Å². The van der Waals surface area contributed by atoms with Crippen LogP contribution in [0, 0.1) is 11.6 Å². The molecule has 0 bridgehead atoms. The van der Waals surface area contributed by atoms with Gasteiger partial charge < -0.3 is 9.72 Å². The third-order valence-electron chi connectivity index (χ3n) is 5.05. The normalized spacial score (nSPS) is 11.7. The summed E-state index contributed by atoms with van der Waals surface area (Å²) >= 11 is 0. The van der Waals surface area contributed by atoms with Crippen LogP contribution in [0.1, 0.15) is 0 Å². The molecule has 0 aliphatic heterocycles. The van der Waals surface area contributed by atoms with Gasteiger partial charge in [-0.15, -0.1) is 0 Å². The fraction of sp³-hybridized carbons (Fsp3) is 0.0833. The number of fused-ring (bicyclic) bond motifs is 1. The van der Waals surface area contributed by atoms with E-state index in [4.69, 9.17) is 4.74 Å². The van der Waals surface area contributed by atoms with Crippen molar-refractivity contribution in [1.29, 1.82) is 0 Å². The van der Waals surface area contributed by atoms with Crippen molar-refractivity contribution in [3.05, 3.63) is 82.8 Å². The van der Waals surface area contributed by atoms with Crippen molar-refractivity contribution in [3.8, 4) is 34.1 Å². The van der Waals surface area contributed by atoms with E-state index in [1.807, 2.05) is 0 Å². The van der Waals surface area contributed by atoms with Gasteiger partial charge in [-0.25, -0.2) is 17.8 Å². The molecule has 2 aromatic heterocycles. The molecule has 0 radical (unpaired) electrons. The van der Waals surface area contributed by atoms with E-state index in [1.54, 1.807) is 36.4 Å². The standard InChI is InChI=1S/C24H18F2N4O4S/c1-35(2,32)30-15-8-6-13(7-9-15)21-18(25)12-19-17(22(21)26)11-20(27-19)33-16-5-3-4-14(10-16)23-28-24(31)34-29-23/h3-12,27H,1-2H3,(H,28,29,31). The number of ether oxygens (including phenoxy) is 1. The zero-order valence-electron chi connectivity index (χ0n) is 18.5. The van der Waals surface area contributed by atoms with Crippen molar-refractivity contribution in [2.24, 2.45) is 4.36 Å². The highest BCUT2D eigenvalue weighted by Gasteiger charge is 2.18. The van der Waals surface area contributed by atoms with Crippen molar-refractivity contribution in [1.82, 2.24) is 15.1 Å². The number of hydrogen-bond acceptors (Lipinski definition) is 6. The Morgan fingerprint density at radius 3 is 2.46 bits per heavy atom. The zero-order valence-corrected chi connectivity index (χ0v) is 19.3. The number of halogens is 2. The van der Waals surface area contributed by atoms with Crippen molar-refractivity contribution < 1.29 is 22.2 Å². The van der Waals surface area contributed by atoms with E-state index < -0.39 is 27.1 Å². The molecule has 0 unspecified atom stereocenters. The summed E-state index contributed by atoms with van der Waals surface area (Å²) < 4.78 is 56.6. The molecule has 35 heavy (non-hydrogen) atoms. The second kappa shape index (κ2) is 8.51. The molecule has 2 heterocycles. The summed E-state index contributed by atoms with van der Waals surface area (Å²) in [4.78, 5) is 16.5. The molecule has 0 fully saturated rings. The van der Waals surface area contributed by atoms with Crippen LogP contribution < -0.4 is 10.5 Å². The Balaban J connectivity index is 1.48. The number of benzene rings is 3. The molecule has 0 spiro atoms. The van der Waals surface area contributed by atoms with Gasteiger partial charge in [0.15, 0.2) is 11.7 Å². The largest absolute Gasteiger partial charge is 0.441 e. The van der Waals surface area contributed by atoms with E-state index in [0.717, 1.165) is 0 Å². The minimum atomic E-state index is -2.36. The fourth-order valence-corrected chi connectivity index (χ4v) is 4.26. The van der Waals surface area contributed by atoms with E-state index in [9.17, 15) is 13.4 Å². The average molecular weight is 496 g/mol. The minimum absolute atomic E-state index is 0.146. The van der Waals surface area contributed by atoms with Crippen LogP contribution in [0.4, 0.5) is 14.5 Å². The van der Waals surface area contributed by atoms with Gasteiger partial charge in [-0.3, -0.25) is 9.51 Å². The number of nitrogens with zero attached hydrogens (tertiary/aromatic N) is 2. The lowest BCUT2D eigenvalue weighted by atomic mass is 10.0. The molecule has 5 aromatic rings. The van der Waals surface area contributed by atoms with E-state index in [1.165, 1.54) is 36.8 Å². The highest BCUT2D eigenvalue weighted by Crippen LogP contribution is 2.35. The molecule has 3 aromatic carbocycles. The maximum Gasteiger partial charge on any atom is 0.439 e. The molecule has 0 atom stereocenters. The molecular weight excluding hydrogens is 478 g/mol. The van der Waals surface area contributed by atoms with E-state index in [-0.39, 0.29) is 28.2 Å². The molecule has 11 heteroatoms. The van der Waals surface area contributed by atoms with Crippen LogP contribution in [0.5, 0.6) is 11.6 Å². The Morgan fingerprint density at radius 2 is 1.77 bits per heavy atom. The third kappa shape index (κ3) is 4.71. The Labute approximate surface area is 197 Å². The maximum absolute atomic E-state index is 15.4. The summed E-state index contributed by atoms with van der Waals surface area (Å²) in [7, 11) is -2.36. The van der Waals surface area contributed by atoms with Gasteiger partial charge in [0.05, 0.1) is 16.8 Å². The lowest BCUT2D eigenvalue weighted by molar-refractivity contribution is 0.388. The summed E-state index contributed by atoms with van der Waals surface area (Å²) in [6, 6.07) is 15.5. The van der Waals surface area contributed by atoms with Crippen molar-refractivity contribution in [2.45, 2.75) is 0 Å². The highest BCUT2D eigenvalue weighted by molar-refractivity contribution is 7.92. The van der Waals surface area contributed by atoms with Crippen LogP contribution in [0.25, 0.3) is 33.4 Å². The first-order valence-corrected chi connectivity index (χ1v) is 12.6. The van der Waals surface area contributed by atoms with Gasteiger partial charge in [0.1, 0.15) is 17.4 Å². The predicted octanol–water partition coefficient (Wildman–Crippen LogP) is 5.61. The monoisotopic (exact) mass is 496 g/mol. The highest BCUT2D eigenvalue weighted by atomic mass is 32.2. The summed E-state index contributed by atoms with van der Waals surface area (Å²) in [6.07, 6.45) is 3.01. The Hall–Kier alpha value is -4.25. The van der Waals surface area contributed by atoms with Crippen LogP contribution in [-0.2, 0) is 9.73 Å². The number of hydrogen-bond donors (Lipinski definition) is 2. The van der Waals surface area contributed by atoms with Crippen LogP contribution in [0.15, 0.2) is 74.3 Å². The first-order valence-electron chi connectivity index (χ1n) is 10.3. The maximum atomic E-state index is 15.4. The van der Waals surface area contributed by atoms with Crippen LogP contribution in [-0.4, -0.2) is 31.8 Å². The van der Waals surface area contributed by atoms with Gasteiger partial charge >= 0.3 is 5.76 Å². The molecule has 0 saturated heterocycles. The van der Waals surface area contributed by atoms with Gasteiger partial charge in [-0.05, 0) is 35.9 Å². The summed E-state index contributed by atoms with van der Waals surface area (Å²) in [6.45, 7) is 0. The van der Waals surface area contributed by atoms with Gasteiger partial charge in [-0.1, -0.05) is 29.4 Å². The lowest BCUT2D eigenvalue weighted by Gasteiger charge is -2.07. The van der Waals surface area contributed by atoms with Crippen molar-refractivity contribution in [3.63, 3.8) is 0 Å². The quantitative estimate of drug-likeness (QED) is 0.328.